The minimum atomic E-state index is 0.160. The van der Waals surface area contributed by atoms with Crippen molar-refractivity contribution in [1.82, 2.24) is 5.32 Å². The lowest BCUT2D eigenvalue weighted by atomic mass is 10.1. The van der Waals surface area contributed by atoms with Gasteiger partial charge in [-0.15, -0.1) is 0 Å². The molecule has 0 saturated heterocycles. The Bertz CT molecular complexity index is 426. The number of ether oxygens (including phenoxy) is 2. The van der Waals surface area contributed by atoms with Gasteiger partial charge >= 0.3 is 0 Å². The molecule has 0 spiro atoms. The lowest BCUT2D eigenvalue weighted by molar-refractivity contribution is 0.353. The van der Waals surface area contributed by atoms with Crippen molar-refractivity contribution in [3.63, 3.8) is 0 Å². The fraction of sp³-hybridized carbons (Fsp3) is 0.500. The smallest absolute Gasteiger partial charge is 0.161 e. The molecule has 4 nitrogen and oxygen atoms in total. The summed E-state index contributed by atoms with van der Waals surface area (Å²) in [7, 11) is 3.24. The van der Waals surface area contributed by atoms with Crippen LogP contribution in [0.25, 0.3) is 0 Å². The van der Waals surface area contributed by atoms with Crippen molar-refractivity contribution < 1.29 is 9.47 Å². The zero-order valence-electron chi connectivity index (χ0n) is 11.4. The van der Waals surface area contributed by atoms with Gasteiger partial charge in [-0.3, -0.25) is 0 Å². The molecule has 0 saturated carbocycles. The summed E-state index contributed by atoms with van der Waals surface area (Å²) in [6.45, 7) is 4.07. The van der Waals surface area contributed by atoms with Gasteiger partial charge in [0, 0.05) is 12.1 Å². The van der Waals surface area contributed by atoms with Gasteiger partial charge in [-0.25, -0.2) is 0 Å². The van der Waals surface area contributed by atoms with E-state index in [1.54, 1.807) is 14.2 Å². The molecule has 0 radical (unpaired) electrons. The average Bonchev–Trinajstić information content (AvgIpc) is 2.38. The van der Waals surface area contributed by atoms with E-state index in [0.717, 1.165) is 17.1 Å². The highest BCUT2D eigenvalue weighted by Crippen LogP contribution is 2.29. The highest BCUT2D eigenvalue weighted by Gasteiger charge is 2.12. The highest BCUT2D eigenvalue weighted by atomic mass is 16.5. The maximum Gasteiger partial charge on any atom is 0.161 e. The Labute approximate surface area is 109 Å². The van der Waals surface area contributed by atoms with Crippen LogP contribution >= 0.6 is 0 Å². The zero-order chi connectivity index (χ0) is 13.5. The molecular weight excluding hydrogens is 228 g/mol. The van der Waals surface area contributed by atoms with Crippen LogP contribution in [0.3, 0.4) is 0 Å². The second kappa shape index (κ2) is 6.87. The number of rotatable bonds is 6. The standard InChI is InChI=1S/C14H20N2O2/c1-10(7-8-15)16-11(2)12-5-6-13(17-3)14(9-12)18-4/h5-6,9-11,16H,7H2,1-4H3. The van der Waals surface area contributed by atoms with Crippen LogP contribution in [0.4, 0.5) is 0 Å². The Morgan fingerprint density at radius 1 is 1.22 bits per heavy atom. The zero-order valence-corrected chi connectivity index (χ0v) is 11.4. The molecule has 18 heavy (non-hydrogen) atoms. The van der Waals surface area contributed by atoms with Crippen molar-refractivity contribution in [2.75, 3.05) is 14.2 Å². The van der Waals surface area contributed by atoms with E-state index >= 15 is 0 Å². The van der Waals surface area contributed by atoms with E-state index < -0.39 is 0 Å². The van der Waals surface area contributed by atoms with Crippen LogP contribution in [0, 0.1) is 11.3 Å². The number of benzene rings is 1. The third kappa shape index (κ3) is 3.64. The normalized spacial score (nSPS) is 13.5. The molecule has 4 heteroatoms. The van der Waals surface area contributed by atoms with Crippen LogP contribution in [0.5, 0.6) is 11.5 Å². The van der Waals surface area contributed by atoms with Gasteiger partial charge in [0.05, 0.1) is 26.7 Å². The van der Waals surface area contributed by atoms with Gasteiger partial charge in [0.1, 0.15) is 0 Å². The lowest BCUT2D eigenvalue weighted by Crippen LogP contribution is -2.28. The second-order valence-electron chi connectivity index (χ2n) is 4.27. The van der Waals surface area contributed by atoms with Crippen molar-refractivity contribution in [3.05, 3.63) is 23.8 Å². The summed E-state index contributed by atoms with van der Waals surface area (Å²) in [6, 6.07) is 8.33. The molecule has 1 N–H and O–H groups in total. The first-order valence-corrected chi connectivity index (χ1v) is 5.97. The predicted molar refractivity (Wildman–Crippen MR) is 70.8 cm³/mol. The van der Waals surface area contributed by atoms with Crippen LogP contribution in [0.2, 0.25) is 0 Å². The summed E-state index contributed by atoms with van der Waals surface area (Å²) >= 11 is 0. The molecule has 2 unspecified atom stereocenters. The van der Waals surface area contributed by atoms with Gasteiger partial charge in [-0.1, -0.05) is 6.07 Å². The first kappa shape index (κ1) is 14.3. The van der Waals surface area contributed by atoms with Gasteiger partial charge < -0.3 is 14.8 Å². The van der Waals surface area contributed by atoms with Crippen molar-refractivity contribution in [1.29, 1.82) is 5.26 Å². The fourth-order valence-corrected chi connectivity index (χ4v) is 1.84. The number of hydrogen-bond donors (Lipinski definition) is 1. The summed E-state index contributed by atoms with van der Waals surface area (Å²) in [5, 5.41) is 12.0. The molecule has 1 aromatic carbocycles. The number of nitrogens with one attached hydrogen (secondary N) is 1. The highest BCUT2D eigenvalue weighted by molar-refractivity contribution is 5.43. The molecule has 0 fully saturated rings. The molecule has 0 amide bonds. The van der Waals surface area contributed by atoms with E-state index in [1.807, 2.05) is 25.1 Å². The number of nitriles is 1. The molecule has 0 aliphatic heterocycles. The minimum Gasteiger partial charge on any atom is -0.493 e. The topological polar surface area (TPSA) is 54.3 Å². The van der Waals surface area contributed by atoms with E-state index in [1.165, 1.54) is 0 Å². The molecule has 0 heterocycles. The Morgan fingerprint density at radius 2 is 1.89 bits per heavy atom. The number of hydrogen-bond acceptors (Lipinski definition) is 4. The van der Waals surface area contributed by atoms with Gasteiger partial charge in [-0.2, -0.15) is 5.26 Å². The van der Waals surface area contributed by atoms with Gasteiger partial charge in [0.2, 0.25) is 0 Å². The Morgan fingerprint density at radius 3 is 2.44 bits per heavy atom. The minimum absolute atomic E-state index is 0.160. The van der Waals surface area contributed by atoms with E-state index in [-0.39, 0.29) is 12.1 Å². The van der Waals surface area contributed by atoms with Crippen LogP contribution in [0.15, 0.2) is 18.2 Å². The summed E-state index contributed by atoms with van der Waals surface area (Å²) in [6.07, 6.45) is 0.498. The van der Waals surface area contributed by atoms with Crippen molar-refractivity contribution in [3.8, 4) is 17.6 Å². The van der Waals surface area contributed by atoms with Crippen LogP contribution in [-0.2, 0) is 0 Å². The Hall–Kier alpha value is -1.73. The van der Waals surface area contributed by atoms with Crippen molar-refractivity contribution >= 4 is 0 Å². The molecule has 1 aromatic rings. The molecule has 0 aromatic heterocycles. The fourth-order valence-electron chi connectivity index (χ4n) is 1.84. The number of methoxy groups -OCH3 is 2. The number of nitrogens with zero attached hydrogens (tertiary/aromatic N) is 1. The van der Waals surface area contributed by atoms with Gasteiger partial charge in [-0.05, 0) is 31.5 Å². The van der Waals surface area contributed by atoms with Crippen LogP contribution in [-0.4, -0.2) is 20.3 Å². The maximum atomic E-state index is 8.64. The van der Waals surface area contributed by atoms with E-state index in [9.17, 15) is 0 Å². The molecule has 0 bridgehead atoms. The second-order valence-corrected chi connectivity index (χ2v) is 4.27. The molecule has 0 aliphatic rings. The summed E-state index contributed by atoms with van der Waals surface area (Å²) in [4.78, 5) is 0. The van der Waals surface area contributed by atoms with Crippen LogP contribution < -0.4 is 14.8 Å². The Kier molecular flexibility index (Phi) is 5.47. The van der Waals surface area contributed by atoms with Crippen molar-refractivity contribution in [2.45, 2.75) is 32.4 Å². The molecule has 1 rings (SSSR count). The van der Waals surface area contributed by atoms with E-state index in [0.29, 0.717) is 6.42 Å². The van der Waals surface area contributed by atoms with E-state index in [2.05, 4.69) is 18.3 Å². The first-order chi connectivity index (χ1) is 8.62. The summed E-state index contributed by atoms with van der Waals surface area (Å²) in [5.41, 5.74) is 1.11. The predicted octanol–water partition coefficient (Wildman–Crippen LogP) is 2.66. The maximum absolute atomic E-state index is 8.64. The SMILES string of the molecule is COc1ccc(C(C)NC(C)CC#N)cc1OC. The average molecular weight is 248 g/mol. The quantitative estimate of drug-likeness (QED) is 0.841. The Balaban J connectivity index is 2.80. The third-order valence-electron chi connectivity index (χ3n) is 2.84. The molecule has 2 atom stereocenters. The van der Waals surface area contributed by atoms with Crippen LogP contribution in [0.1, 0.15) is 31.9 Å². The van der Waals surface area contributed by atoms with Crippen molar-refractivity contribution in [2.24, 2.45) is 0 Å². The lowest BCUT2D eigenvalue weighted by Gasteiger charge is -2.19. The summed E-state index contributed by atoms with van der Waals surface area (Å²) < 4.78 is 10.5. The third-order valence-corrected chi connectivity index (χ3v) is 2.84. The first-order valence-electron chi connectivity index (χ1n) is 5.97. The van der Waals surface area contributed by atoms with E-state index in [4.69, 9.17) is 14.7 Å². The van der Waals surface area contributed by atoms with Gasteiger partial charge in [0.25, 0.3) is 0 Å². The molecular formula is C14H20N2O2. The molecule has 98 valence electrons. The largest absolute Gasteiger partial charge is 0.493 e. The van der Waals surface area contributed by atoms with Gasteiger partial charge in [0.15, 0.2) is 11.5 Å². The monoisotopic (exact) mass is 248 g/mol. The summed E-state index contributed by atoms with van der Waals surface area (Å²) in [5.74, 6) is 1.44. The molecule has 0 aliphatic carbocycles.